The minimum absolute atomic E-state index is 0.121. The van der Waals surface area contributed by atoms with Crippen LogP contribution in [-0.4, -0.2) is 25.7 Å². The zero-order valence-electron chi connectivity index (χ0n) is 11.2. The van der Waals surface area contributed by atoms with Crippen molar-refractivity contribution < 1.29 is 14.3 Å². The second-order valence-corrected chi connectivity index (χ2v) is 5.40. The van der Waals surface area contributed by atoms with E-state index in [2.05, 4.69) is 30.8 Å². The number of benzene rings is 1. The zero-order chi connectivity index (χ0) is 13.2. The Morgan fingerprint density at radius 3 is 2.39 bits per heavy atom. The van der Waals surface area contributed by atoms with Gasteiger partial charge in [-0.15, -0.1) is 0 Å². The van der Waals surface area contributed by atoms with E-state index in [0.717, 1.165) is 11.3 Å². The highest BCUT2D eigenvalue weighted by Crippen LogP contribution is 2.38. The van der Waals surface area contributed by atoms with Crippen molar-refractivity contribution in [2.24, 2.45) is 10.6 Å². The van der Waals surface area contributed by atoms with Crippen LogP contribution in [0, 0.1) is 5.41 Å². The number of oxime groups is 1. The molecule has 0 aliphatic carbocycles. The molecule has 0 aromatic heterocycles. The lowest BCUT2D eigenvalue weighted by molar-refractivity contribution is 0.175. The summed E-state index contributed by atoms with van der Waals surface area (Å²) in [5.41, 5.74) is 1.09. The van der Waals surface area contributed by atoms with E-state index in [9.17, 15) is 0 Å². The summed E-state index contributed by atoms with van der Waals surface area (Å²) in [7, 11) is 1.52. The zero-order valence-corrected chi connectivity index (χ0v) is 11.2. The number of hydrogen-bond donors (Lipinski definition) is 0. The standard InChI is InChI=1S/C14H19NO3/c1-14(2,3)12-13(18-12)17-11-7-5-10(6-8-11)9-15-16-4/h5-9,12-13H,1-4H3/t12-,13-/m1/s1. The summed E-state index contributed by atoms with van der Waals surface area (Å²) in [5, 5.41) is 3.70. The molecule has 1 heterocycles. The van der Waals surface area contributed by atoms with Crippen LogP contribution < -0.4 is 4.74 Å². The van der Waals surface area contributed by atoms with E-state index in [1.165, 1.54) is 7.11 Å². The molecule has 1 aromatic carbocycles. The molecule has 0 unspecified atom stereocenters. The molecule has 4 nitrogen and oxygen atoms in total. The molecule has 0 N–H and O–H groups in total. The van der Waals surface area contributed by atoms with Crippen LogP contribution >= 0.6 is 0 Å². The van der Waals surface area contributed by atoms with Gasteiger partial charge in [-0.05, 0) is 35.2 Å². The van der Waals surface area contributed by atoms with Gasteiger partial charge in [-0.25, -0.2) is 0 Å². The quantitative estimate of drug-likeness (QED) is 0.468. The maximum absolute atomic E-state index is 5.73. The van der Waals surface area contributed by atoms with Crippen molar-refractivity contribution in [1.29, 1.82) is 0 Å². The van der Waals surface area contributed by atoms with E-state index >= 15 is 0 Å². The molecular weight excluding hydrogens is 230 g/mol. The van der Waals surface area contributed by atoms with Gasteiger partial charge in [0.2, 0.25) is 6.29 Å². The molecule has 1 fully saturated rings. The first-order valence-corrected chi connectivity index (χ1v) is 5.99. The van der Waals surface area contributed by atoms with Gasteiger partial charge < -0.3 is 14.3 Å². The van der Waals surface area contributed by atoms with E-state index in [4.69, 9.17) is 9.47 Å². The van der Waals surface area contributed by atoms with Gasteiger partial charge in [0, 0.05) is 0 Å². The van der Waals surface area contributed by atoms with Gasteiger partial charge in [-0.2, -0.15) is 0 Å². The molecule has 0 saturated carbocycles. The van der Waals surface area contributed by atoms with Crippen molar-refractivity contribution in [2.75, 3.05) is 7.11 Å². The summed E-state index contributed by atoms with van der Waals surface area (Å²) in [6.07, 6.45) is 1.70. The Morgan fingerprint density at radius 1 is 1.22 bits per heavy atom. The number of ether oxygens (including phenoxy) is 2. The van der Waals surface area contributed by atoms with E-state index in [0.29, 0.717) is 0 Å². The average molecular weight is 249 g/mol. The molecule has 1 aliphatic heterocycles. The third-order valence-corrected chi connectivity index (χ3v) is 2.74. The van der Waals surface area contributed by atoms with E-state index in [1.54, 1.807) is 6.21 Å². The van der Waals surface area contributed by atoms with Crippen LogP contribution in [0.1, 0.15) is 26.3 Å². The highest BCUT2D eigenvalue weighted by atomic mass is 16.8. The number of hydrogen-bond acceptors (Lipinski definition) is 4. The highest BCUT2D eigenvalue weighted by Gasteiger charge is 2.49. The Balaban J connectivity index is 1.90. The van der Waals surface area contributed by atoms with Gasteiger partial charge in [0.25, 0.3) is 0 Å². The Labute approximate surface area is 108 Å². The van der Waals surface area contributed by atoms with Gasteiger partial charge in [-0.3, -0.25) is 0 Å². The maximum atomic E-state index is 5.73. The summed E-state index contributed by atoms with van der Waals surface area (Å²) in [4.78, 5) is 4.62. The minimum atomic E-state index is -0.122. The molecule has 18 heavy (non-hydrogen) atoms. The molecule has 2 rings (SSSR count). The average Bonchev–Trinajstić information content (AvgIpc) is 3.07. The number of nitrogens with zero attached hydrogens (tertiary/aromatic N) is 1. The molecule has 4 heteroatoms. The van der Waals surface area contributed by atoms with Crippen LogP contribution in [0.25, 0.3) is 0 Å². The van der Waals surface area contributed by atoms with Crippen LogP contribution in [0.3, 0.4) is 0 Å². The largest absolute Gasteiger partial charge is 0.462 e. The molecule has 0 amide bonds. The molecule has 1 aromatic rings. The predicted octanol–water partition coefficient (Wildman–Crippen LogP) is 2.82. The first kappa shape index (κ1) is 12.9. The third-order valence-electron chi connectivity index (χ3n) is 2.74. The van der Waals surface area contributed by atoms with Crippen molar-refractivity contribution in [2.45, 2.75) is 33.2 Å². The lowest BCUT2D eigenvalue weighted by atomic mass is 9.92. The fraction of sp³-hybridized carbons (Fsp3) is 0.500. The molecule has 2 atom stereocenters. The topological polar surface area (TPSA) is 43.4 Å². The fourth-order valence-electron chi connectivity index (χ4n) is 1.68. The van der Waals surface area contributed by atoms with Crippen molar-refractivity contribution in [3.8, 4) is 5.75 Å². The molecule has 98 valence electrons. The summed E-state index contributed by atoms with van der Waals surface area (Å²) < 4.78 is 11.2. The number of epoxide rings is 1. The molecule has 1 saturated heterocycles. The van der Waals surface area contributed by atoms with Gasteiger partial charge in [0.15, 0.2) is 0 Å². The lowest BCUT2D eigenvalue weighted by Crippen LogP contribution is -2.18. The molecular formula is C14H19NO3. The van der Waals surface area contributed by atoms with Gasteiger partial charge >= 0.3 is 0 Å². The van der Waals surface area contributed by atoms with Gasteiger partial charge in [0.05, 0.1) is 6.21 Å². The Morgan fingerprint density at radius 2 is 1.89 bits per heavy atom. The molecule has 0 bridgehead atoms. The second-order valence-electron chi connectivity index (χ2n) is 5.40. The lowest BCUT2D eigenvalue weighted by Gasteiger charge is -2.13. The van der Waals surface area contributed by atoms with E-state index < -0.39 is 0 Å². The van der Waals surface area contributed by atoms with Crippen LogP contribution in [0.5, 0.6) is 5.75 Å². The Bertz CT molecular complexity index is 420. The van der Waals surface area contributed by atoms with Crippen LogP contribution in [0.4, 0.5) is 0 Å². The maximum Gasteiger partial charge on any atom is 0.227 e. The second kappa shape index (κ2) is 4.98. The molecule has 1 aliphatic rings. The number of rotatable bonds is 4. The van der Waals surface area contributed by atoms with Crippen LogP contribution in [0.15, 0.2) is 29.4 Å². The van der Waals surface area contributed by atoms with Crippen molar-refractivity contribution in [3.63, 3.8) is 0 Å². The Kier molecular flexibility index (Phi) is 3.57. The fourth-order valence-corrected chi connectivity index (χ4v) is 1.68. The molecule has 0 radical (unpaired) electrons. The summed E-state index contributed by atoms with van der Waals surface area (Å²) in [6.45, 7) is 6.43. The monoisotopic (exact) mass is 249 g/mol. The normalized spacial score (nSPS) is 23.1. The Hall–Kier alpha value is -1.55. The van der Waals surface area contributed by atoms with Crippen LogP contribution in [0.2, 0.25) is 0 Å². The van der Waals surface area contributed by atoms with Gasteiger partial charge in [0.1, 0.15) is 19.0 Å². The summed E-state index contributed by atoms with van der Waals surface area (Å²) in [6, 6.07) is 7.65. The van der Waals surface area contributed by atoms with Gasteiger partial charge in [-0.1, -0.05) is 25.9 Å². The first-order valence-electron chi connectivity index (χ1n) is 5.99. The first-order chi connectivity index (χ1) is 8.50. The summed E-state index contributed by atoms with van der Waals surface area (Å²) >= 11 is 0. The smallest absolute Gasteiger partial charge is 0.227 e. The van der Waals surface area contributed by atoms with Crippen molar-refractivity contribution >= 4 is 6.21 Å². The van der Waals surface area contributed by atoms with Crippen LogP contribution in [-0.2, 0) is 9.57 Å². The van der Waals surface area contributed by atoms with Crippen molar-refractivity contribution in [1.82, 2.24) is 0 Å². The molecule has 0 spiro atoms. The third kappa shape index (κ3) is 3.23. The van der Waals surface area contributed by atoms with E-state index in [-0.39, 0.29) is 17.8 Å². The predicted molar refractivity (Wildman–Crippen MR) is 69.8 cm³/mol. The van der Waals surface area contributed by atoms with Crippen molar-refractivity contribution in [3.05, 3.63) is 29.8 Å². The highest BCUT2D eigenvalue weighted by molar-refractivity contribution is 5.79. The SMILES string of the molecule is CON=Cc1ccc(O[C@@H]2O[C@H]2C(C)(C)C)cc1. The minimum Gasteiger partial charge on any atom is -0.462 e. The van der Waals surface area contributed by atoms with E-state index in [1.807, 2.05) is 24.3 Å². The summed E-state index contributed by atoms with van der Waals surface area (Å²) in [5.74, 6) is 0.807.